The Hall–Kier alpha value is -4.55. The number of anilines is 2. The molecule has 1 N–H and O–H groups in total. The summed E-state index contributed by atoms with van der Waals surface area (Å²) >= 11 is 5.60. The molecule has 0 spiro atoms. The van der Waals surface area contributed by atoms with E-state index in [1.807, 2.05) is 0 Å². The van der Waals surface area contributed by atoms with Gasteiger partial charge in [-0.25, -0.2) is 18.4 Å². The van der Waals surface area contributed by atoms with Gasteiger partial charge in [0.25, 0.3) is 5.56 Å². The predicted molar refractivity (Wildman–Crippen MR) is 164 cm³/mol. The molecule has 2 fully saturated rings. The van der Waals surface area contributed by atoms with Crippen LogP contribution in [0.3, 0.4) is 0 Å². The number of likely N-dealkylation sites (tertiary alicyclic amines) is 1. The van der Waals surface area contributed by atoms with Gasteiger partial charge in [-0.3, -0.25) is 19.1 Å². The van der Waals surface area contributed by atoms with Crippen LogP contribution in [0.1, 0.15) is 28.0 Å². The molecule has 3 aliphatic rings. The van der Waals surface area contributed by atoms with Crippen molar-refractivity contribution in [2.75, 3.05) is 49.6 Å². The van der Waals surface area contributed by atoms with Crippen LogP contribution in [-0.2, 0) is 11.2 Å². The lowest BCUT2D eigenvalue weighted by molar-refractivity contribution is 0.0694. The Labute approximate surface area is 261 Å². The molecule has 1 aliphatic carbocycles. The highest BCUT2D eigenvalue weighted by molar-refractivity contribution is 6.17. The van der Waals surface area contributed by atoms with Crippen molar-refractivity contribution in [1.82, 2.24) is 14.3 Å². The smallest absolute Gasteiger partial charge is 0.415 e. The molecule has 5 heterocycles. The first-order valence-electron chi connectivity index (χ1n) is 14.4. The van der Waals surface area contributed by atoms with E-state index in [2.05, 4.69) is 16.8 Å². The molecule has 2 atom stereocenters. The standard InChI is InChI=1S/C32H28ClF2N5O5/c1-37-12-17-7-8-39(25(17)14-37)29-21(16-3-4-18-5-6-19(31(42)43)30(41)40(18)13-16)11-36-23-9-20-24(38(2)32(44)45-15-33)10-22(34)28(35)26(20)27(23)29/h3-6,10-11,13,17,25H,7-9,12,14-15H2,1-2H3,(H,42,43)/t17-,25+/m0/s1. The van der Waals surface area contributed by atoms with Crippen LogP contribution in [0.15, 0.2) is 47.5 Å². The van der Waals surface area contributed by atoms with Crippen molar-refractivity contribution in [1.29, 1.82) is 0 Å². The Morgan fingerprint density at radius 3 is 2.71 bits per heavy atom. The van der Waals surface area contributed by atoms with Crippen molar-refractivity contribution < 1.29 is 28.2 Å². The van der Waals surface area contributed by atoms with Gasteiger partial charge in [0.1, 0.15) is 5.56 Å². The van der Waals surface area contributed by atoms with Crippen molar-refractivity contribution >= 4 is 40.6 Å². The normalized spacial score (nSPS) is 18.6. The molecule has 0 radical (unpaired) electrons. The number of likely N-dealkylation sites (N-methyl/N-ethyl adjacent to an activating group) is 1. The van der Waals surface area contributed by atoms with Crippen molar-refractivity contribution in [3.05, 3.63) is 81.5 Å². The molecular formula is C32H28ClF2N5O5. The number of nitrogens with zero attached hydrogens (tertiary/aromatic N) is 5. The number of ether oxygens (including phenoxy) is 1. The second-order valence-electron chi connectivity index (χ2n) is 11.7. The highest BCUT2D eigenvalue weighted by atomic mass is 35.5. The zero-order chi connectivity index (χ0) is 31.7. The molecule has 13 heteroatoms. The maximum atomic E-state index is 16.0. The Morgan fingerprint density at radius 1 is 1.18 bits per heavy atom. The monoisotopic (exact) mass is 635 g/mol. The number of benzene rings is 1. The number of carboxylic acids is 1. The number of carbonyl (C=O) groups is 2. The Bertz CT molecular complexity index is 1980. The number of amides is 1. The third-order valence-corrected chi connectivity index (χ3v) is 9.36. The maximum absolute atomic E-state index is 16.0. The molecule has 0 saturated carbocycles. The largest absolute Gasteiger partial charge is 0.477 e. The number of pyridine rings is 3. The minimum atomic E-state index is -1.34. The van der Waals surface area contributed by atoms with E-state index in [0.29, 0.717) is 51.6 Å². The second kappa shape index (κ2) is 10.8. The number of hydrogen-bond acceptors (Lipinski definition) is 7. The summed E-state index contributed by atoms with van der Waals surface area (Å²) in [5.74, 6) is -3.14. The Balaban J connectivity index is 1.49. The molecule has 0 unspecified atom stereocenters. The molecule has 2 aliphatic heterocycles. The molecule has 7 rings (SSSR count). The quantitative estimate of drug-likeness (QED) is 0.274. The van der Waals surface area contributed by atoms with Gasteiger partial charge in [0.15, 0.2) is 17.7 Å². The van der Waals surface area contributed by atoms with Gasteiger partial charge in [-0.05, 0) is 43.1 Å². The van der Waals surface area contributed by atoms with Crippen LogP contribution in [-0.4, -0.2) is 77.3 Å². The summed E-state index contributed by atoms with van der Waals surface area (Å²) < 4.78 is 37.5. The minimum absolute atomic E-state index is 0.0239. The first-order chi connectivity index (χ1) is 21.6. The number of halogens is 3. The van der Waals surface area contributed by atoms with Gasteiger partial charge in [0.05, 0.1) is 17.1 Å². The number of alkyl halides is 1. The number of carboxylic acid groups (broad SMARTS) is 1. The second-order valence-corrected chi connectivity index (χ2v) is 12.0. The fourth-order valence-electron chi connectivity index (χ4n) is 7.21. The summed E-state index contributed by atoms with van der Waals surface area (Å²) in [5, 5.41) is 9.54. The van der Waals surface area contributed by atoms with E-state index >= 15 is 8.78 Å². The fraction of sp³-hybridized carbons (Fsp3) is 0.312. The molecule has 45 heavy (non-hydrogen) atoms. The van der Waals surface area contributed by atoms with E-state index < -0.39 is 35.3 Å². The Morgan fingerprint density at radius 2 is 1.96 bits per heavy atom. The van der Waals surface area contributed by atoms with Crippen LogP contribution in [0.4, 0.5) is 25.0 Å². The van der Waals surface area contributed by atoms with Crippen LogP contribution in [0.25, 0.3) is 27.8 Å². The summed E-state index contributed by atoms with van der Waals surface area (Å²) in [6, 6.07) is 7.01. The summed E-state index contributed by atoms with van der Waals surface area (Å²) in [4.78, 5) is 47.7. The SMILES string of the molecule is CN1C[C@@H]2CCN(c3c(-c4ccc5ccc(C(=O)O)c(=O)n5c4)cnc4c3-c3c(F)c(F)cc(N(C)C(=O)OCCl)c3C4)[C@@H]2C1. The van der Waals surface area contributed by atoms with E-state index in [1.54, 1.807) is 30.6 Å². The highest BCUT2D eigenvalue weighted by Crippen LogP contribution is 2.52. The molecule has 0 bridgehead atoms. The number of aromatic carboxylic acids is 1. The summed E-state index contributed by atoms with van der Waals surface area (Å²) in [5.41, 5.74) is 2.75. The zero-order valence-corrected chi connectivity index (χ0v) is 25.1. The van der Waals surface area contributed by atoms with Gasteiger partial charge in [-0.2, -0.15) is 0 Å². The van der Waals surface area contributed by atoms with Crippen LogP contribution in [0, 0.1) is 17.6 Å². The van der Waals surface area contributed by atoms with Crippen LogP contribution in [0.5, 0.6) is 0 Å². The van der Waals surface area contributed by atoms with E-state index in [-0.39, 0.29) is 29.3 Å². The number of aromatic nitrogens is 2. The first kappa shape index (κ1) is 29.2. The first-order valence-corrected chi connectivity index (χ1v) is 15.0. The maximum Gasteiger partial charge on any atom is 0.415 e. The van der Waals surface area contributed by atoms with Gasteiger partial charge in [-0.1, -0.05) is 17.7 Å². The molecule has 2 saturated heterocycles. The van der Waals surface area contributed by atoms with Crippen LogP contribution >= 0.6 is 11.6 Å². The predicted octanol–water partition coefficient (Wildman–Crippen LogP) is 4.82. The molecular weight excluding hydrogens is 608 g/mol. The fourth-order valence-corrected chi connectivity index (χ4v) is 7.30. The lowest BCUT2D eigenvalue weighted by Gasteiger charge is -2.31. The number of hydrogen-bond donors (Lipinski definition) is 1. The molecule has 232 valence electrons. The molecule has 4 aromatic rings. The highest BCUT2D eigenvalue weighted by Gasteiger charge is 2.44. The van der Waals surface area contributed by atoms with E-state index in [0.717, 1.165) is 30.5 Å². The van der Waals surface area contributed by atoms with Crippen LogP contribution in [0.2, 0.25) is 0 Å². The van der Waals surface area contributed by atoms with Crippen molar-refractivity contribution in [3.8, 4) is 22.3 Å². The van der Waals surface area contributed by atoms with Crippen LogP contribution < -0.4 is 15.4 Å². The topological polar surface area (TPSA) is 108 Å². The van der Waals surface area contributed by atoms with E-state index in [9.17, 15) is 19.5 Å². The van der Waals surface area contributed by atoms with Crippen molar-refractivity contribution in [3.63, 3.8) is 0 Å². The summed E-state index contributed by atoms with van der Waals surface area (Å²) in [6.45, 7) is 2.35. The number of carbonyl (C=O) groups excluding carboxylic acids is 1. The average molecular weight is 636 g/mol. The minimum Gasteiger partial charge on any atom is -0.477 e. The number of rotatable bonds is 5. The lowest BCUT2D eigenvalue weighted by atomic mass is 9.96. The van der Waals surface area contributed by atoms with E-state index in [4.69, 9.17) is 21.3 Å². The zero-order valence-electron chi connectivity index (χ0n) is 24.4. The van der Waals surface area contributed by atoms with Gasteiger partial charge in [-0.15, -0.1) is 0 Å². The van der Waals surface area contributed by atoms with E-state index in [1.165, 1.54) is 17.5 Å². The average Bonchev–Trinajstić information content (AvgIpc) is 3.70. The van der Waals surface area contributed by atoms with Gasteiger partial charge in [0.2, 0.25) is 0 Å². The molecule has 10 nitrogen and oxygen atoms in total. The van der Waals surface area contributed by atoms with Gasteiger partial charge in [0, 0.05) is 85.4 Å². The summed E-state index contributed by atoms with van der Waals surface area (Å²) in [6.07, 6.45) is 3.45. The molecule has 1 amide bonds. The van der Waals surface area contributed by atoms with Gasteiger partial charge < -0.3 is 19.6 Å². The molecule has 3 aromatic heterocycles. The number of fused-ring (bicyclic) bond motifs is 5. The molecule has 1 aromatic carbocycles. The van der Waals surface area contributed by atoms with Crippen molar-refractivity contribution in [2.24, 2.45) is 5.92 Å². The Kier molecular flexibility index (Phi) is 7.01. The third-order valence-electron chi connectivity index (χ3n) is 9.25. The lowest BCUT2D eigenvalue weighted by Crippen LogP contribution is -2.35. The summed E-state index contributed by atoms with van der Waals surface area (Å²) in [7, 11) is 3.46. The van der Waals surface area contributed by atoms with Crippen molar-refractivity contribution in [2.45, 2.75) is 18.9 Å². The van der Waals surface area contributed by atoms with Gasteiger partial charge >= 0.3 is 12.1 Å². The third kappa shape index (κ3) is 4.54.